The molecule has 0 bridgehead atoms. The van der Waals surface area contributed by atoms with E-state index in [1.807, 2.05) is 0 Å². The molecule has 0 unspecified atom stereocenters. The predicted molar refractivity (Wildman–Crippen MR) is 71.9 cm³/mol. The molecule has 4 heteroatoms. The van der Waals surface area contributed by atoms with Gasteiger partial charge >= 0.3 is 0 Å². The van der Waals surface area contributed by atoms with Crippen LogP contribution in [-0.2, 0) is 11.3 Å². The lowest BCUT2D eigenvalue weighted by atomic mass is 10.1. The summed E-state index contributed by atoms with van der Waals surface area (Å²) in [6.07, 6.45) is 4.46. The average Bonchev–Trinajstić information content (AvgIpc) is 2.72. The van der Waals surface area contributed by atoms with Crippen molar-refractivity contribution in [3.05, 3.63) is 32.4 Å². The van der Waals surface area contributed by atoms with E-state index in [-0.39, 0.29) is 0 Å². The molecule has 16 heavy (non-hydrogen) atoms. The average molecular weight is 302 g/mol. The summed E-state index contributed by atoms with van der Waals surface area (Å²) in [6.45, 7) is 3.71. The number of halogens is 1. The predicted octanol–water partition coefficient (Wildman–Crippen LogP) is 3.34. The van der Waals surface area contributed by atoms with Gasteiger partial charge in [-0.05, 0) is 52.3 Å². The second-order valence-electron chi connectivity index (χ2n) is 3.87. The van der Waals surface area contributed by atoms with E-state index in [0.717, 1.165) is 39.1 Å². The third-order valence-corrected chi connectivity index (χ3v) is 4.18. The van der Waals surface area contributed by atoms with E-state index in [1.54, 1.807) is 11.3 Å². The molecule has 2 rings (SSSR count). The summed E-state index contributed by atoms with van der Waals surface area (Å²) in [5.74, 6) is 0. The van der Waals surface area contributed by atoms with Crippen molar-refractivity contribution in [3.63, 3.8) is 0 Å². The SMILES string of the molecule is Brc1cc(CNCCC2=CCOCC2)cs1. The van der Waals surface area contributed by atoms with Crippen molar-refractivity contribution >= 4 is 27.3 Å². The van der Waals surface area contributed by atoms with Crippen molar-refractivity contribution in [1.29, 1.82) is 0 Å². The van der Waals surface area contributed by atoms with Crippen LogP contribution in [-0.4, -0.2) is 19.8 Å². The smallest absolute Gasteiger partial charge is 0.0701 e. The van der Waals surface area contributed by atoms with Gasteiger partial charge in [0.15, 0.2) is 0 Å². The van der Waals surface area contributed by atoms with E-state index < -0.39 is 0 Å². The van der Waals surface area contributed by atoms with Gasteiger partial charge in [-0.1, -0.05) is 11.6 Å². The van der Waals surface area contributed by atoms with Crippen LogP contribution in [0.15, 0.2) is 26.9 Å². The minimum atomic E-state index is 0.798. The Morgan fingerprint density at radius 2 is 2.44 bits per heavy atom. The van der Waals surface area contributed by atoms with Gasteiger partial charge in [0.25, 0.3) is 0 Å². The van der Waals surface area contributed by atoms with Crippen molar-refractivity contribution in [2.24, 2.45) is 0 Å². The van der Waals surface area contributed by atoms with Gasteiger partial charge in [0, 0.05) is 6.54 Å². The van der Waals surface area contributed by atoms with Gasteiger partial charge in [0.2, 0.25) is 0 Å². The molecule has 1 N–H and O–H groups in total. The third-order valence-electron chi connectivity index (χ3n) is 2.63. The second-order valence-corrected chi connectivity index (χ2v) is 6.16. The largest absolute Gasteiger partial charge is 0.377 e. The lowest BCUT2D eigenvalue weighted by Gasteiger charge is -2.13. The van der Waals surface area contributed by atoms with Gasteiger partial charge in [-0.15, -0.1) is 11.3 Å². The van der Waals surface area contributed by atoms with Gasteiger partial charge < -0.3 is 10.1 Å². The van der Waals surface area contributed by atoms with Crippen LogP contribution in [0.25, 0.3) is 0 Å². The molecule has 0 aromatic carbocycles. The molecule has 0 saturated heterocycles. The van der Waals surface area contributed by atoms with E-state index >= 15 is 0 Å². The molecule has 2 nitrogen and oxygen atoms in total. The fourth-order valence-corrected chi connectivity index (χ4v) is 2.92. The summed E-state index contributed by atoms with van der Waals surface area (Å²) in [5.41, 5.74) is 2.89. The van der Waals surface area contributed by atoms with Crippen LogP contribution in [0.2, 0.25) is 0 Å². The molecular weight excluding hydrogens is 286 g/mol. The number of ether oxygens (including phenoxy) is 1. The van der Waals surface area contributed by atoms with E-state index in [0.29, 0.717) is 0 Å². The van der Waals surface area contributed by atoms with Crippen molar-refractivity contribution in [2.75, 3.05) is 19.8 Å². The summed E-state index contributed by atoms with van der Waals surface area (Å²) in [7, 11) is 0. The zero-order valence-electron chi connectivity index (χ0n) is 9.17. The molecule has 1 aromatic heterocycles. The van der Waals surface area contributed by atoms with Gasteiger partial charge in [0.05, 0.1) is 17.0 Å². The highest BCUT2D eigenvalue weighted by molar-refractivity contribution is 9.11. The zero-order chi connectivity index (χ0) is 11.2. The number of hydrogen-bond donors (Lipinski definition) is 1. The maximum Gasteiger partial charge on any atom is 0.0701 e. The molecule has 0 spiro atoms. The van der Waals surface area contributed by atoms with Crippen LogP contribution in [0, 0.1) is 0 Å². The fourth-order valence-electron chi connectivity index (χ4n) is 1.71. The van der Waals surface area contributed by atoms with Crippen LogP contribution < -0.4 is 5.32 Å². The fraction of sp³-hybridized carbons (Fsp3) is 0.500. The monoisotopic (exact) mass is 301 g/mol. The molecule has 1 aromatic rings. The molecule has 2 heterocycles. The lowest BCUT2D eigenvalue weighted by Crippen LogP contribution is -2.16. The quantitative estimate of drug-likeness (QED) is 0.665. The first-order valence-electron chi connectivity index (χ1n) is 5.54. The Kier molecular flexibility index (Phi) is 5.03. The molecule has 0 saturated carbocycles. The summed E-state index contributed by atoms with van der Waals surface area (Å²) in [5, 5.41) is 5.65. The Morgan fingerprint density at radius 3 is 3.12 bits per heavy atom. The standard InChI is InChI=1S/C12H16BrNOS/c13-12-7-11(9-16-12)8-14-4-1-10-2-5-15-6-3-10/h2,7,9,14H,1,3-6,8H2. The third kappa shape index (κ3) is 4.01. The molecule has 0 radical (unpaired) electrons. The maximum atomic E-state index is 5.28. The van der Waals surface area contributed by atoms with Gasteiger partial charge in [0.1, 0.15) is 0 Å². The summed E-state index contributed by atoms with van der Waals surface area (Å²) in [6, 6.07) is 2.17. The second kappa shape index (κ2) is 6.55. The van der Waals surface area contributed by atoms with E-state index in [9.17, 15) is 0 Å². The van der Waals surface area contributed by atoms with E-state index in [4.69, 9.17) is 4.74 Å². The molecular formula is C12H16BrNOS. The van der Waals surface area contributed by atoms with Gasteiger partial charge in [-0.3, -0.25) is 0 Å². The Balaban J connectivity index is 1.63. The van der Waals surface area contributed by atoms with Crippen molar-refractivity contribution in [3.8, 4) is 0 Å². The van der Waals surface area contributed by atoms with Crippen LogP contribution in [0.5, 0.6) is 0 Å². The van der Waals surface area contributed by atoms with E-state index in [2.05, 4.69) is 38.8 Å². The maximum absolute atomic E-state index is 5.28. The highest BCUT2D eigenvalue weighted by Gasteiger charge is 2.03. The molecule has 1 aliphatic heterocycles. The van der Waals surface area contributed by atoms with Crippen LogP contribution in [0.4, 0.5) is 0 Å². The highest BCUT2D eigenvalue weighted by Crippen LogP contribution is 2.20. The molecule has 0 fully saturated rings. The van der Waals surface area contributed by atoms with Crippen LogP contribution >= 0.6 is 27.3 Å². The van der Waals surface area contributed by atoms with E-state index in [1.165, 1.54) is 14.9 Å². The first-order chi connectivity index (χ1) is 7.84. The first kappa shape index (κ1) is 12.3. The Bertz CT molecular complexity index is 362. The number of nitrogens with one attached hydrogen (secondary N) is 1. The summed E-state index contributed by atoms with van der Waals surface area (Å²) < 4.78 is 6.48. The molecule has 0 amide bonds. The Hall–Kier alpha value is -0.160. The molecule has 88 valence electrons. The minimum Gasteiger partial charge on any atom is -0.377 e. The number of thiophene rings is 1. The summed E-state index contributed by atoms with van der Waals surface area (Å²) in [4.78, 5) is 0. The number of rotatable bonds is 5. The lowest BCUT2D eigenvalue weighted by molar-refractivity contribution is 0.153. The topological polar surface area (TPSA) is 21.3 Å². The van der Waals surface area contributed by atoms with Crippen molar-refractivity contribution in [1.82, 2.24) is 5.32 Å². The molecule has 1 aliphatic rings. The minimum absolute atomic E-state index is 0.798. The molecule has 0 aliphatic carbocycles. The normalized spacial score (nSPS) is 16.2. The Morgan fingerprint density at radius 1 is 1.50 bits per heavy atom. The summed E-state index contributed by atoms with van der Waals surface area (Å²) >= 11 is 5.21. The van der Waals surface area contributed by atoms with Crippen molar-refractivity contribution in [2.45, 2.75) is 19.4 Å². The number of hydrogen-bond acceptors (Lipinski definition) is 3. The van der Waals surface area contributed by atoms with Gasteiger partial charge in [-0.2, -0.15) is 0 Å². The zero-order valence-corrected chi connectivity index (χ0v) is 11.6. The first-order valence-corrected chi connectivity index (χ1v) is 7.21. The molecule has 0 atom stereocenters. The Labute approximate surface area is 109 Å². The van der Waals surface area contributed by atoms with Crippen molar-refractivity contribution < 1.29 is 4.74 Å². The van der Waals surface area contributed by atoms with Crippen LogP contribution in [0.1, 0.15) is 18.4 Å². The highest BCUT2D eigenvalue weighted by atomic mass is 79.9. The van der Waals surface area contributed by atoms with Gasteiger partial charge in [-0.25, -0.2) is 0 Å². The van der Waals surface area contributed by atoms with Crippen LogP contribution in [0.3, 0.4) is 0 Å².